The van der Waals surface area contributed by atoms with E-state index in [0.717, 1.165) is 16.4 Å². The Morgan fingerprint density at radius 3 is 1.86 bits per heavy atom. The zero-order chi connectivity index (χ0) is 17.1. The Kier molecular flexibility index (Phi) is 6.03. The number of rotatable bonds is 6. The molecule has 0 N–H and O–H groups in total. The second kappa shape index (κ2) is 7.00. The van der Waals surface area contributed by atoms with Gasteiger partial charge in [0.1, 0.15) is 0 Å². The van der Waals surface area contributed by atoms with Crippen LogP contribution in [0.15, 0.2) is 29.2 Å². The lowest BCUT2D eigenvalue weighted by molar-refractivity contribution is -0.139. The molecule has 0 aliphatic carbocycles. The number of hydrogen-bond acceptors (Lipinski definition) is 2. The first-order valence-corrected chi connectivity index (χ1v) is 8.56. The summed E-state index contributed by atoms with van der Waals surface area (Å²) in [5.41, 5.74) is -1.12. The van der Waals surface area contributed by atoms with Gasteiger partial charge in [0.05, 0.1) is 10.5 Å². The summed E-state index contributed by atoms with van der Waals surface area (Å²) in [6.45, 7) is 7.70. The highest BCUT2D eigenvalue weighted by Gasteiger charge is 2.38. The minimum Gasteiger partial charge on any atom is -0.207 e. The summed E-state index contributed by atoms with van der Waals surface area (Å²) < 4.78 is 65.8. The lowest BCUT2D eigenvalue weighted by atomic mass is 10.2. The average Bonchev–Trinajstić information content (AvgIpc) is 2.36. The van der Waals surface area contributed by atoms with Gasteiger partial charge in [-0.2, -0.15) is 17.5 Å². The molecule has 1 rings (SSSR count). The first-order chi connectivity index (χ1) is 9.96. The van der Waals surface area contributed by atoms with Crippen LogP contribution in [0, 0.1) is 11.8 Å². The van der Waals surface area contributed by atoms with Gasteiger partial charge in [-0.25, -0.2) is 8.42 Å². The predicted molar refractivity (Wildman–Crippen MR) is 79.9 cm³/mol. The number of halogens is 3. The van der Waals surface area contributed by atoms with Crippen molar-refractivity contribution < 1.29 is 21.6 Å². The van der Waals surface area contributed by atoms with Crippen LogP contribution in [0.1, 0.15) is 33.3 Å². The van der Waals surface area contributed by atoms with E-state index >= 15 is 0 Å². The quantitative estimate of drug-likeness (QED) is 0.786. The Bertz CT molecular complexity index is 585. The van der Waals surface area contributed by atoms with Crippen LogP contribution >= 0.6 is 0 Å². The molecule has 1 aromatic rings. The zero-order valence-corrected chi connectivity index (χ0v) is 14.0. The van der Waals surface area contributed by atoms with Crippen molar-refractivity contribution in [1.82, 2.24) is 4.31 Å². The van der Waals surface area contributed by atoms with Gasteiger partial charge >= 0.3 is 6.18 Å². The van der Waals surface area contributed by atoms with Gasteiger partial charge in [-0.1, -0.05) is 39.8 Å². The SMILES string of the molecule is CC(C)CN(CC(C)C)S(=O)(=O)c1ccccc1C(F)(F)F. The number of sulfonamides is 1. The van der Waals surface area contributed by atoms with Crippen LogP contribution in [0.4, 0.5) is 13.2 Å². The normalized spacial score (nSPS) is 13.4. The van der Waals surface area contributed by atoms with Crippen molar-refractivity contribution in [3.63, 3.8) is 0 Å². The highest BCUT2D eigenvalue weighted by atomic mass is 32.2. The third-order valence-electron chi connectivity index (χ3n) is 2.95. The number of benzene rings is 1. The van der Waals surface area contributed by atoms with Crippen LogP contribution in [-0.2, 0) is 16.2 Å². The molecule has 0 unspecified atom stereocenters. The molecule has 0 saturated heterocycles. The minimum atomic E-state index is -4.70. The molecule has 126 valence electrons. The van der Waals surface area contributed by atoms with E-state index in [-0.39, 0.29) is 24.9 Å². The standard InChI is InChI=1S/C15H22F3NO2S/c1-11(2)9-19(10-12(3)4)22(20,21)14-8-6-5-7-13(14)15(16,17)18/h5-8,11-12H,9-10H2,1-4H3. The Morgan fingerprint density at radius 2 is 1.45 bits per heavy atom. The summed E-state index contributed by atoms with van der Waals surface area (Å²) in [7, 11) is -4.19. The fourth-order valence-electron chi connectivity index (χ4n) is 2.15. The van der Waals surface area contributed by atoms with Gasteiger partial charge in [-0.05, 0) is 24.0 Å². The molecule has 1 aromatic carbocycles. The van der Waals surface area contributed by atoms with E-state index in [4.69, 9.17) is 0 Å². The summed E-state index contributed by atoms with van der Waals surface area (Å²) in [6, 6.07) is 4.32. The molecular formula is C15H22F3NO2S. The summed E-state index contributed by atoms with van der Waals surface area (Å²) in [4.78, 5) is -0.677. The monoisotopic (exact) mass is 337 g/mol. The molecule has 7 heteroatoms. The summed E-state index contributed by atoms with van der Waals surface area (Å²) in [5.74, 6) is 0.0400. The van der Waals surface area contributed by atoms with E-state index in [1.54, 1.807) is 0 Å². The maximum atomic E-state index is 13.1. The van der Waals surface area contributed by atoms with Crippen LogP contribution in [0.3, 0.4) is 0 Å². The van der Waals surface area contributed by atoms with Crippen LogP contribution in [0.25, 0.3) is 0 Å². The van der Waals surface area contributed by atoms with Crippen molar-refractivity contribution in [3.05, 3.63) is 29.8 Å². The molecule has 0 spiro atoms. The second-order valence-corrected chi connectivity index (χ2v) is 8.01. The molecule has 0 amide bonds. The molecule has 0 saturated carbocycles. The molecule has 0 radical (unpaired) electrons. The molecule has 0 heterocycles. The maximum absolute atomic E-state index is 13.1. The largest absolute Gasteiger partial charge is 0.417 e. The van der Waals surface area contributed by atoms with Crippen molar-refractivity contribution in [1.29, 1.82) is 0 Å². The van der Waals surface area contributed by atoms with Gasteiger partial charge in [-0.3, -0.25) is 0 Å². The minimum absolute atomic E-state index is 0.0200. The molecule has 0 aliphatic rings. The molecule has 0 fully saturated rings. The molecule has 3 nitrogen and oxygen atoms in total. The van der Waals surface area contributed by atoms with Crippen molar-refractivity contribution in [3.8, 4) is 0 Å². The third kappa shape index (κ3) is 4.71. The van der Waals surface area contributed by atoms with Gasteiger partial charge in [0, 0.05) is 13.1 Å². The van der Waals surface area contributed by atoms with E-state index in [2.05, 4.69) is 0 Å². The molecular weight excluding hydrogens is 315 g/mol. The van der Waals surface area contributed by atoms with Crippen LogP contribution in [0.2, 0.25) is 0 Å². The molecule has 0 aromatic heterocycles. The lowest BCUT2D eigenvalue weighted by Gasteiger charge is -2.27. The fraction of sp³-hybridized carbons (Fsp3) is 0.600. The van der Waals surface area contributed by atoms with Gasteiger partial charge in [0.25, 0.3) is 0 Å². The predicted octanol–water partition coefficient (Wildman–Crippen LogP) is 4.01. The first kappa shape index (κ1) is 19.0. The summed E-state index contributed by atoms with van der Waals surface area (Å²) in [6.07, 6.45) is -4.70. The molecule has 0 aliphatic heterocycles. The second-order valence-electron chi connectivity index (χ2n) is 6.10. The van der Waals surface area contributed by atoms with E-state index in [1.165, 1.54) is 12.1 Å². The van der Waals surface area contributed by atoms with Crippen molar-refractivity contribution >= 4 is 10.0 Å². The number of hydrogen-bond donors (Lipinski definition) is 0. The topological polar surface area (TPSA) is 37.4 Å². The highest BCUT2D eigenvalue weighted by Crippen LogP contribution is 2.35. The van der Waals surface area contributed by atoms with E-state index in [9.17, 15) is 21.6 Å². The smallest absolute Gasteiger partial charge is 0.207 e. The van der Waals surface area contributed by atoms with Gasteiger partial charge in [0.2, 0.25) is 10.0 Å². The zero-order valence-electron chi connectivity index (χ0n) is 13.2. The Hall–Kier alpha value is -1.08. The number of alkyl halides is 3. The van der Waals surface area contributed by atoms with Gasteiger partial charge in [0.15, 0.2) is 0 Å². The Labute approximate surface area is 130 Å². The third-order valence-corrected chi connectivity index (χ3v) is 4.84. The van der Waals surface area contributed by atoms with Gasteiger partial charge in [-0.15, -0.1) is 0 Å². The number of nitrogens with zero attached hydrogens (tertiary/aromatic N) is 1. The van der Waals surface area contributed by atoms with Crippen LogP contribution in [-0.4, -0.2) is 25.8 Å². The Morgan fingerprint density at radius 1 is 1.00 bits per heavy atom. The Balaban J connectivity index is 3.37. The van der Waals surface area contributed by atoms with Crippen molar-refractivity contribution in [2.24, 2.45) is 11.8 Å². The summed E-state index contributed by atoms with van der Waals surface area (Å²) in [5, 5.41) is 0. The van der Waals surface area contributed by atoms with Crippen LogP contribution in [0.5, 0.6) is 0 Å². The maximum Gasteiger partial charge on any atom is 0.417 e. The van der Waals surface area contributed by atoms with Crippen molar-refractivity contribution in [2.75, 3.05) is 13.1 Å². The summed E-state index contributed by atoms with van der Waals surface area (Å²) >= 11 is 0. The lowest BCUT2D eigenvalue weighted by Crippen LogP contribution is -2.37. The molecule has 0 bridgehead atoms. The average molecular weight is 337 g/mol. The highest BCUT2D eigenvalue weighted by molar-refractivity contribution is 7.89. The first-order valence-electron chi connectivity index (χ1n) is 7.12. The fourth-order valence-corrected chi connectivity index (χ4v) is 4.13. The van der Waals surface area contributed by atoms with E-state index in [1.807, 2.05) is 27.7 Å². The van der Waals surface area contributed by atoms with Crippen molar-refractivity contribution in [2.45, 2.75) is 38.8 Å². The van der Waals surface area contributed by atoms with Gasteiger partial charge < -0.3 is 0 Å². The van der Waals surface area contributed by atoms with E-state index in [0.29, 0.717) is 0 Å². The molecule has 22 heavy (non-hydrogen) atoms. The van der Waals surface area contributed by atoms with E-state index < -0.39 is 26.7 Å². The van der Waals surface area contributed by atoms with Crippen LogP contribution < -0.4 is 0 Å². The molecule has 0 atom stereocenters.